The molecular formula is C14H21FN2. The van der Waals surface area contributed by atoms with Crippen molar-refractivity contribution < 1.29 is 4.39 Å². The van der Waals surface area contributed by atoms with Crippen LogP contribution in [0.15, 0.2) is 24.3 Å². The van der Waals surface area contributed by atoms with E-state index in [1.54, 1.807) is 12.1 Å². The molecule has 0 aliphatic carbocycles. The van der Waals surface area contributed by atoms with E-state index in [1.165, 1.54) is 0 Å². The second kappa shape index (κ2) is 4.75. The van der Waals surface area contributed by atoms with Crippen molar-refractivity contribution in [3.05, 3.63) is 35.6 Å². The van der Waals surface area contributed by atoms with Gasteiger partial charge in [-0.2, -0.15) is 0 Å². The highest BCUT2D eigenvalue weighted by Crippen LogP contribution is 2.30. The summed E-state index contributed by atoms with van der Waals surface area (Å²) in [7, 11) is 0. The summed E-state index contributed by atoms with van der Waals surface area (Å²) in [6, 6.07) is 7.20. The molecule has 2 rings (SSSR count). The highest BCUT2D eigenvalue weighted by Gasteiger charge is 2.34. The third-order valence-corrected chi connectivity index (χ3v) is 3.69. The van der Waals surface area contributed by atoms with Gasteiger partial charge in [0.15, 0.2) is 0 Å². The predicted octanol–water partition coefficient (Wildman–Crippen LogP) is 2.57. The van der Waals surface area contributed by atoms with E-state index in [0.29, 0.717) is 0 Å². The van der Waals surface area contributed by atoms with Gasteiger partial charge >= 0.3 is 0 Å². The van der Waals surface area contributed by atoms with Crippen LogP contribution in [0.2, 0.25) is 0 Å². The van der Waals surface area contributed by atoms with Crippen molar-refractivity contribution in [1.82, 2.24) is 10.2 Å². The highest BCUT2D eigenvalue weighted by atomic mass is 19.1. The van der Waals surface area contributed by atoms with Crippen LogP contribution in [-0.2, 0) is 0 Å². The van der Waals surface area contributed by atoms with Crippen LogP contribution in [0.3, 0.4) is 0 Å². The minimum Gasteiger partial charge on any atom is -0.314 e. The number of hydrogen-bond donors (Lipinski definition) is 1. The van der Waals surface area contributed by atoms with Gasteiger partial charge in [0.05, 0.1) is 0 Å². The molecular weight excluding hydrogens is 215 g/mol. The first-order valence-corrected chi connectivity index (χ1v) is 6.24. The SMILES string of the molecule is CC(c1ccccc1F)N1CCNCC1(C)C. The van der Waals surface area contributed by atoms with E-state index in [9.17, 15) is 4.39 Å². The Labute approximate surface area is 103 Å². The minimum absolute atomic E-state index is 0.0694. The zero-order chi connectivity index (χ0) is 12.5. The molecule has 1 unspecified atom stereocenters. The summed E-state index contributed by atoms with van der Waals surface area (Å²) in [5.74, 6) is -0.102. The number of piperazine rings is 1. The van der Waals surface area contributed by atoms with Crippen LogP contribution in [0.5, 0.6) is 0 Å². The summed E-state index contributed by atoms with van der Waals surface area (Å²) in [5, 5.41) is 3.39. The molecule has 0 saturated carbocycles. The van der Waals surface area contributed by atoms with E-state index >= 15 is 0 Å². The molecule has 17 heavy (non-hydrogen) atoms. The van der Waals surface area contributed by atoms with Gasteiger partial charge in [0.2, 0.25) is 0 Å². The van der Waals surface area contributed by atoms with Crippen molar-refractivity contribution in [2.45, 2.75) is 32.4 Å². The fourth-order valence-electron chi connectivity index (χ4n) is 2.70. The number of nitrogens with zero attached hydrogens (tertiary/aromatic N) is 1. The Kier molecular flexibility index (Phi) is 3.50. The molecule has 0 aromatic heterocycles. The lowest BCUT2D eigenvalue weighted by molar-refractivity contribution is 0.0502. The van der Waals surface area contributed by atoms with E-state index < -0.39 is 0 Å². The number of benzene rings is 1. The van der Waals surface area contributed by atoms with Crippen LogP contribution in [-0.4, -0.2) is 30.1 Å². The summed E-state index contributed by atoms with van der Waals surface area (Å²) < 4.78 is 13.8. The molecule has 0 spiro atoms. The summed E-state index contributed by atoms with van der Waals surface area (Å²) in [4.78, 5) is 2.38. The molecule has 1 aromatic rings. The fraction of sp³-hybridized carbons (Fsp3) is 0.571. The van der Waals surface area contributed by atoms with Gasteiger partial charge in [-0.15, -0.1) is 0 Å². The normalized spacial score (nSPS) is 22.4. The lowest BCUT2D eigenvalue weighted by Gasteiger charge is -2.46. The first-order valence-electron chi connectivity index (χ1n) is 6.24. The standard InChI is InChI=1S/C14H21FN2/c1-11(12-6-4-5-7-13(12)15)17-9-8-16-10-14(17,2)3/h4-7,11,16H,8-10H2,1-3H3. The average molecular weight is 236 g/mol. The molecule has 1 N–H and O–H groups in total. The second-order valence-electron chi connectivity index (χ2n) is 5.38. The van der Waals surface area contributed by atoms with Crippen molar-refractivity contribution in [2.75, 3.05) is 19.6 Å². The van der Waals surface area contributed by atoms with Crippen LogP contribution in [0.4, 0.5) is 4.39 Å². The first-order chi connectivity index (χ1) is 8.02. The molecule has 1 aliphatic rings. The third-order valence-electron chi connectivity index (χ3n) is 3.69. The molecule has 0 radical (unpaired) electrons. The maximum Gasteiger partial charge on any atom is 0.127 e. The van der Waals surface area contributed by atoms with Crippen LogP contribution in [0.1, 0.15) is 32.4 Å². The third kappa shape index (κ3) is 2.50. The lowest BCUT2D eigenvalue weighted by Crippen LogP contribution is -2.58. The number of hydrogen-bond acceptors (Lipinski definition) is 2. The smallest absolute Gasteiger partial charge is 0.127 e. The van der Waals surface area contributed by atoms with Gasteiger partial charge in [-0.3, -0.25) is 4.90 Å². The maximum atomic E-state index is 13.8. The predicted molar refractivity (Wildman–Crippen MR) is 68.5 cm³/mol. The van der Waals surface area contributed by atoms with Gasteiger partial charge in [0.1, 0.15) is 5.82 Å². The maximum absolute atomic E-state index is 13.8. The average Bonchev–Trinajstić information content (AvgIpc) is 2.28. The van der Waals surface area contributed by atoms with Gasteiger partial charge in [-0.1, -0.05) is 18.2 Å². The molecule has 0 amide bonds. The van der Waals surface area contributed by atoms with Crippen molar-refractivity contribution in [3.8, 4) is 0 Å². The van der Waals surface area contributed by atoms with E-state index in [1.807, 2.05) is 12.1 Å². The zero-order valence-corrected chi connectivity index (χ0v) is 10.8. The molecule has 1 heterocycles. The lowest BCUT2D eigenvalue weighted by atomic mass is 9.95. The fourth-order valence-corrected chi connectivity index (χ4v) is 2.70. The minimum atomic E-state index is -0.102. The number of rotatable bonds is 2. The van der Waals surface area contributed by atoms with Gasteiger partial charge in [-0.05, 0) is 26.8 Å². The van der Waals surface area contributed by atoms with Crippen LogP contribution >= 0.6 is 0 Å². The second-order valence-corrected chi connectivity index (χ2v) is 5.38. The topological polar surface area (TPSA) is 15.3 Å². The Hall–Kier alpha value is -0.930. The largest absolute Gasteiger partial charge is 0.314 e. The first kappa shape index (κ1) is 12.5. The van der Waals surface area contributed by atoms with Crippen molar-refractivity contribution in [2.24, 2.45) is 0 Å². The van der Waals surface area contributed by atoms with Crippen LogP contribution < -0.4 is 5.32 Å². The molecule has 0 bridgehead atoms. The molecule has 1 aliphatic heterocycles. The van der Waals surface area contributed by atoms with Crippen molar-refractivity contribution in [3.63, 3.8) is 0 Å². The number of nitrogens with one attached hydrogen (secondary N) is 1. The summed E-state index contributed by atoms with van der Waals surface area (Å²) >= 11 is 0. The molecule has 94 valence electrons. The van der Waals surface area contributed by atoms with E-state index in [2.05, 4.69) is 31.0 Å². The van der Waals surface area contributed by atoms with Gasteiger partial charge < -0.3 is 5.32 Å². The van der Waals surface area contributed by atoms with E-state index in [4.69, 9.17) is 0 Å². The Morgan fingerprint density at radius 3 is 2.71 bits per heavy atom. The van der Waals surface area contributed by atoms with Gasteiger partial charge in [0, 0.05) is 36.8 Å². The Bertz CT molecular complexity index is 390. The molecule has 1 fully saturated rings. The van der Waals surface area contributed by atoms with E-state index in [0.717, 1.165) is 25.2 Å². The van der Waals surface area contributed by atoms with E-state index in [-0.39, 0.29) is 17.4 Å². The number of halogens is 1. The summed E-state index contributed by atoms with van der Waals surface area (Å²) in [6.07, 6.45) is 0. The molecule has 2 nitrogen and oxygen atoms in total. The van der Waals surface area contributed by atoms with Crippen LogP contribution in [0.25, 0.3) is 0 Å². The summed E-state index contributed by atoms with van der Waals surface area (Å²) in [5.41, 5.74) is 0.863. The van der Waals surface area contributed by atoms with Gasteiger partial charge in [-0.25, -0.2) is 4.39 Å². The van der Waals surface area contributed by atoms with Crippen molar-refractivity contribution in [1.29, 1.82) is 0 Å². The zero-order valence-electron chi connectivity index (χ0n) is 10.8. The van der Waals surface area contributed by atoms with Gasteiger partial charge in [0.25, 0.3) is 0 Å². The Morgan fingerprint density at radius 2 is 2.06 bits per heavy atom. The molecule has 1 saturated heterocycles. The monoisotopic (exact) mass is 236 g/mol. The molecule has 1 aromatic carbocycles. The molecule has 1 atom stereocenters. The van der Waals surface area contributed by atoms with Crippen LogP contribution in [0, 0.1) is 5.82 Å². The Morgan fingerprint density at radius 1 is 1.35 bits per heavy atom. The van der Waals surface area contributed by atoms with Crippen molar-refractivity contribution >= 4 is 0 Å². The highest BCUT2D eigenvalue weighted by molar-refractivity contribution is 5.21. The quantitative estimate of drug-likeness (QED) is 0.849. The molecule has 3 heteroatoms. The summed E-state index contributed by atoms with van der Waals surface area (Å²) in [6.45, 7) is 9.38. The Balaban J connectivity index is 2.25.